The predicted octanol–water partition coefficient (Wildman–Crippen LogP) is 3.47. The van der Waals surface area contributed by atoms with Gasteiger partial charge >= 0.3 is 19.8 Å². The molecule has 0 heterocycles. The molecule has 0 aliphatic rings. The van der Waals surface area contributed by atoms with Gasteiger partial charge in [0.1, 0.15) is 6.61 Å². The van der Waals surface area contributed by atoms with E-state index in [1.165, 1.54) is 45.4 Å². The highest BCUT2D eigenvalue weighted by molar-refractivity contribution is 7.47. The second-order valence-corrected chi connectivity index (χ2v) is 8.33. The van der Waals surface area contributed by atoms with Gasteiger partial charge in [0, 0.05) is 19.9 Å². The van der Waals surface area contributed by atoms with Crippen LogP contribution in [0.1, 0.15) is 78.1 Å². The molecule has 0 bridgehead atoms. The third-order valence-corrected chi connectivity index (χ3v) is 5.03. The zero-order valence-corrected chi connectivity index (χ0v) is 18.7. The van der Waals surface area contributed by atoms with Crippen molar-refractivity contribution in [1.29, 1.82) is 0 Å². The van der Waals surface area contributed by atoms with Gasteiger partial charge in [-0.25, -0.2) is 4.57 Å². The van der Waals surface area contributed by atoms with Crippen molar-refractivity contribution < 1.29 is 37.6 Å². The fraction of sp³-hybridized carbons (Fsp3) is 0.895. The Bertz CT molecular complexity index is 489. The molecule has 0 aromatic rings. The molecule has 10 heteroatoms. The van der Waals surface area contributed by atoms with E-state index >= 15 is 0 Å². The van der Waals surface area contributed by atoms with Crippen molar-refractivity contribution in [3.8, 4) is 0 Å². The summed E-state index contributed by atoms with van der Waals surface area (Å²) in [5, 5.41) is 0. The number of esters is 2. The maximum Gasteiger partial charge on any atom is 0.472 e. The topological polar surface area (TPSA) is 134 Å². The van der Waals surface area contributed by atoms with Crippen LogP contribution >= 0.6 is 7.82 Å². The number of rotatable bonds is 19. The van der Waals surface area contributed by atoms with Gasteiger partial charge in [0.05, 0.1) is 13.2 Å². The average molecular weight is 439 g/mol. The highest BCUT2D eigenvalue weighted by Crippen LogP contribution is 2.43. The average Bonchev–Trinajstić information content (AvgIpc) is 2.67. The van der Waals surface area contributed by atoms with Crippen LogP contribution in [0.4, 0.5) is 0 Å². The van der Waals surface area contributed by atoms with Crippen LogP contribution in [0, 0.1) is 0 Å². The van der Waals surface area contributed by atoms with Gasteiger partial charge in [-0.05, 0) is 6.42 Å². The van der Waals surface area contributed by atoms with Crippen molar-refractivity contribution in [3.05, 3.63) is 0 Å². The molecule has 0 rings (SSSR count). The molecule has 172 valence electrons. The summed E-state index contributed by atoms with van der Waals surface area (Å²) in [5.41, 5.74) is 5.19. The minimum Gasteiger partial charge on any atom is -0.462 e. The van der Waals surface area contributed by atoms with E-state index in [9.17, 15) is 19.0 Å². The SMILES string of the molecule is CCCCCCCCCCCC(=O)OC[C@H](COP(=O)(O)OCCN)OC(C)=O. The van der Waals surface area contributed by atoms with Crippen LogP contribution in [-0.2, 0) is 32.7 Å². The monoisotopic (exact) mass is 439 g/mol. The maximum atomic E-state index is 11.8. The van der Waals surface area contributed by atoms with Crippen LogP contribution in [-0.4, -0.2) is 49.3 Å². The zero-order valence-electron chi connectivity index (χ0n) is 17.8. The largest absolute Gasteiger partial charge is 0.472 e. The summed E-state index contributed by atoms with van der Waals surface area (Å²) < 4.78 is 31.0. The molecule has 1 unspecified atom stereocenters. The van der Waals surface area contributed by atoms with Crippen LogP contribution in [0.5, 0.6) is 0 Å². The van der Waals surface area contributed by atoms with Gasteiger partial charge in [-0.2, -0.15) is 0 Å². The van der Waals surface area contributed by atoms with E-state index in [0.29, 0.717) is 0 Å². The van der Waals surface area contributed by atoms with E-state index in [-0.39, 0.29) is 26.2 Å². The molecule has 0 fully saturated rings. The molecular weight excluding hydrogens is 401 g/mol. The maximum absolute atomic E-state index is 11.8. The van der Waals surface area contributed by atoms with E-state index in [1.54, 1.807) is 0 Å². The van der Waals surface area contributed by atoms with Gasteiger partial charge in [0.25, 0.3) is 0 Å². The minimum absolute atomic E-state index is 0.0533. The molecule has 29 heavy (non-hydrogen) atoms. The number of unbranched alkanes of at least 4 members (excludes halogenated alkanes) is 8. The molecule has 0 aliphatic carbocycles. The first-order chi connectivity index (χ1) is 13.8. The second-order valence-electron chi connectivity index (χ2n) is 6.88. The van der Waals surface area contributed by atoms with Crippen LogP contribution in [0.25, 0.3) is 0 Å². The molecule has 3 N–H and O–H groups in total. The van der Waals surface area contributed by atoms with Crippen LogP contribution in [0.2, 0.25) is 0 Å². The standard InChI is InChI=1S/C19H38NO8P/c1-3-4-5-6-7-8-9-10-11-12-19(22)25-15-18(28-17(2)21)16-27-29(23,24)26-14-13-20/h18H,3-16,20H2,1-2H3,(H,23,24)/t18-/m1/s1. The lowest BCUT2D eigenvalue weighted by atomic mass is 10.1. The fourth-order valence-corrected chi connectivity index (χ4v) is 3.34. The summed E-state index contributed by atoms with van der Waals surface area (Å²) in [6, 6.07) is 0. The van der Waals surface area contributed by atoms with Crippen molar-refractivity contribution in [2.45, 2.75) is 84.2 Å². The Kier molecular flexibility index (Phi) is 17.2. The Labute approximate surface area is 174 Å². The minimum atomic E-state index is -4.30. The third kappa shape index (κ3) is 18.8. The zero-order chi connectivity index (χ0) is 22.0. The lowest BCUT2D eigenvalue weighted by molar-refractivity contribution is -0.159. The Morgan fingerprint density at radius 1 is 0.966 bits per heavy atom. The lowest BCUT2D eigenvalue weighted by Crippen LogP contribution is -2.28. The Balaban J connectivity index is 3.99. The molecule has 0 aliphatic heterocycles. The summed E-state index contributed by atoms with van der Waals surface area (Å²) in [7, 11) is -4.30. The molecular formula is C19H38NO8P. The summed E-state index contributed by atoms with van der Waals surface area (Å²) >= 11 is 0. The normalized spacial score (nSPS) is 14.2. The van der Waals surface area contributed by atoms with Gasteiger partial charge in [0.2, 0.25) is 0 Å². The van der Waals surface area contributed by atoms with E-state index in [4.69, 9.17) is 19.7 Å². The van der Waals surface area contributed by atoms with E-state index in [0.717, 1.165) is 19.3 Å². The second kappa shape index (κ2) is 17.8. The number of carbonyl (C=O) groups is 2. The number of phosphoric ester groups is 1. The first kappa shape index (κ1) is 28.0. The van der Waals surface area contributed by atoms with Gasteiger partial charge in [0.15, 0.2) is 6.10 Å². The molecule has 0 aromatic carbocycles. The van der Waals surface area contributed by atoms with Gasteiger partial charge < -0.3 is 20.1 Å². The number of phosphoric acid groups is 1. The first-order valence-corrected chi connectivity index (χ1v) is 11.9. The van der Waals surface area contributed by atoms with Crippen molar-refractivity contribution in [1.82, 2.24) is 0 Å². The van der Waals surface area contributed by atoms with E-state index in [1.807, 2.05) is 0 Å². The van der Waals surface area contributed by atoms with Crippen LogP contribution in [0.3, 0.4) is 0 Å². The summed E-state index contributed by atoms with van der Waals surface area (Å²) in [5.74, 6) is -1.03. The first-order valence-electron chi connectivity index (χ1n) is 10.5. The summed E-state index contributed by atoms with van der Waals surface area (Å²) in [6.45, 7) is 2.58. The number of hydrogen-bond acceptors (Lipinski definition) is 8. The van der Waals surface area contributed by atoms with Crippen molar-refractivity contribution in [2.24, 2.45) is 5.73 Å². The molecule has 0 aromatic heterocycles. The molecule has 0 spiro atoms. The molecule has 0 amide bonds. The van der Waals surface area contributed by atoms with Gasteiger partial charge in [-0.3, -0.25) is 18.6 Å². The van der Waals surface area contributed by atoms with Crippen molar-refractivity contribution >= 4 is 19.8 Å². The van der Waals surface area contributed by atoms with Crippen molar-refractivity contribution in [3.63, 3.8) is 0 Å². The van der Waals surface area contributed by atoms with Gasteiger partial charge in [-0.15, -0.1) is 0 Å². The van der Waals surface area contributed by atoms with E-state index in [2.05, 4.69) is 11.4 Å². The number of ether oxygens (including phenoxy) is 2. The predicted molar refractivity (Wildman–Crippen MR) is 109 cm³/mol. The summed E-state index contributed by atoms with van der Waals surface area (Å²) in [4.78, 5) is 32.5. The molecule has 0 saturated heterocycles. The van der Waals surface area contributed by atoms with Crippen molar-refractivity contribution in [2.75, 3.05) is 26.4 Å². The summed E-state index contributed by atoms with van der Waals surface area (Å²) in [6.07, 6.45) is 9.59. The smallest absolute Gasteiger partial charge is 0.462 e. The fourth-order valence-electron chi connectivity index (χ4n) is 2.57. The molecule has 0 saturated carbocycles. The van der Waals surface area contributed by atoms with Crippen LogP contribution < -0.4 is 5.73 Å². The number of hydrogen-bond donors (Lipinski definition) is 2. The van der Waals surface area contributed by atoms with Gasteiger partial charge in [-0.1, -0.05) is 58.3 Å². The quantitative estimate of drug-likeness (QED) is 0.176. The Morgan fingerprint density at radius 2 is 1.55 bits per heavy atom. The Hall–Kier alpha value is -0.990. The third-order valence-electron chi connectivity index (χ3n) is 4.04. The lowest BCUT2D eigenvalue weighted by Gasteiger charge is -2.19. The number of nitrogens with two attached hydrogens (primary N) is 1. The Morgan fingerprint density at radius 3 is 2.10 bits per heavy atom. The highest BCUT2D eigenvalue weighted by Gasteiger charge is 2.25. The molecule has 9 nitrogen and oxygen atoms in total. The van der Waals surface area contributed by atoms with E-state index < -0.39 is 32.5 Å². The molecule has 0 radical (unpaired) electrons. The molecule has 2 atom stereocenters. The van der Waals surface area contributed by atoms with Crippen LogP contribution in [0.15, 0.2) is 0 Å². The highest BCUT2D eigenvalue weighted by atomic mass is 31.2. The number of carbonyl (C=O) groups excluding carboxylic acids is 2.